The second-order valence-electron chi connectivity index (χ2n) is 3.07. The number of halogens is 1. The molecule has 0 aliphatic carbocycles. The summed E-state index contributed by atoms with van der Waals surface area (Å²) >= 11 is 9.52. The van der Waals surface area contributed by atoms with Crippen molar-refractivity contribution in [2.24, 2.45) is 0 Å². The molecule has 1 heterocycles. The van der Waals surface area contributed by atoms with Crippen LogP contribution >= 0.6 is 24.2 Å². The van der Waals surface area contributed by atoms with Gasteiger partial charge >= 0.3 is 0 Å². The van der Waals surface area contributed by atoms with E-state index < -0.39 is 12.2 Å². The molecule has 2 atom stereocenters. The first-order valence-electron chi connectivity index (χ1n) is 4.38. The minimum absolute atomic E-state index is 0.0929. The maximum absolute atomic E-state index is 9.65. The molecule has 2 unspecified atom stereocenters. The first kappa shape index (κ1) is 12.6. The van der Waals surface area contributed by atoms with E-state index in [1.54, 1.807) is 0 Å². The summed E-state index contributed by atoms with van der Waals surface area (Å²) in [7, 11) is 0. The Morgan fingerprint density at radius 1 is 1.40 bits per heavy atom. The van der Waals surface area contributed by atoms with E-state index in [0.29, 0.717) is 12.2 Å². The molecular formula is C9H12ClNO3S. The van der Waals surface area contributed by atoms with E-state index in [9.17, 15) is 10.2 Å². The molecule has 4 nitrogen and oxygen atoms in total. The van der Waals surface area contributed by atoms with Gasteiger partial charge in [-0.1, -0.05) is 11.6 Å². The number of hydrogen-bond acceptors (Lipinski definition) is 5. The molecule has 0 saturated carbocycles. The second kappa shape index (κ2) is 5.55. The Kier molecular flexibility index (Phi) is 4.66. The van der Waals surface area contributed by atoms with Crippen molar-refractivity contribution in [3.63, 3.8) is 0 Å². The maximum Gasteiger partial charge on any atom is 0.171 e. The lowest BCUT2D eigenvalue weighted by molar-refractivity contribution is 0.0146. The van der Waals surface area contributed by atoms with Crippen LogP contribution in [0.4, 0.5) is 0 Å². The monoisotopic (exact) mass is 249 g/mol. The number of thiol groups is 1. The van der Waals surface area contributed by atoms with Crippen LogP contribution in [0.5, 0.6) is 5.75 Å². The first-order chi connectivity index (χ1) is 7.06. The van der Waals surface area contributed by atoms with Crippen LogP contribution in [0.2, 0.25) is 5.15 Å². The van der Waals surface area contributed by atoms with Crippen LogP contribution in [0.1, 0.15) is 18.2 Å². The average molecular weight is 250 g/mol. The zero-order chi connectivity index (χ0) is 11.4. The van der Waals surface area contributed by atoms with Crippen molar-refractivity contribution in [3.8, 4) is 5.75 Å². The number of aromatic nitrogens is 1. The van der Waals surface area contributed by atoms with Gasteiger partial charge in [0.05, 0.1) is 11.8 Å². The number of nitrogens with zero attached hydrogens (tertiary/aromatic N) is 1. The Labute approximate surface area is 98.0 Å². The van der Waals surface area contributed by atoms with E-state index >= 15 is 0 Å². The van der Waals surface area contributed by atoms with E-state index in [1.165, 1.54) is 12.1 Å². The zero-order valence-electron chi connectivity index (χ0n) is 7.84. The SMILES string of the molecule is Oc1ccc(C(O)C(O)CCS)nc1Cl. The van der Waals surface area contributed by atoms with Crippen molar-refractivity contribution in [2.45, 2.75) is 18.6 Å². The fourth-order valence-electron chi connectivity index (χ4n) is 1.09. The molecule has 0 aromatic carbocycles. The molecule has 1 aromatic heterocycles. The van der Waals surface area contributed by atoms with Crippen LogP contribution in [0.25, 0.3) is 0 Å². The van der Waals surface area contributed by atoms with Crippen LogP contribution < -0.4 is 0 Å². The molecule has 3 N–H and O–H groups in total. The molecule has 0 fully saturated rings. The lowest BCUT2D eigenvalue weighted by atomic mass is 10.1. The Balaban J connectivity index is 2.81. The molecule has 0 saturated heterocycles. The zero-order valence-corrected chi connectivity index (χ0v) is 9.49. The van der Waals surface area contributed by atoms with E-state index in [2.05, 4.69) is 17.6 Å². The highest BCUT2D eigenvalue weighted by molar-refractivity contribution is 7.80. The topological polar surface area (TPSA) is 73.6 Å². The Morgan fingerprint density at radius 3 is 2.60 bits per heavy atom. The molecule has 0 radical (unpaired) electrons. The summed E-state index contributed by atoms with van der Waals surface area (Å²) < 4.78 is 0. The number of pyridine rings is 1. The van der Waals surface area contributed by atoms with Crippen molar-refractivity contribution in [1.29, 1.82) is 0 Å². The molecular weight excluding hydrogens is 238 g/mol. The van der Waals surface area contributed by atoms with Gasteiger partial charge in [0.25, 0.3) is 0 Å². The summed E-state index contributed by atoms with van der Waals surface area (Å²) in [5, 5.41) is 28.2. The van der Waals surface area contributed by atoms with Crippen LogP contribution in [-0.2, 0) is 0 Å². The molecule has 84 valence electrons. The first-order valence-corrected chi connectivity index (χ1v) is 5.39. The normalized spacial score (nSPS) is 14.9. The van der Waals surface area contributed by atoms with Crippen LogP contribution in [0.3, 0.4) is 0 Å². The van der Waals surface area contributed by atoms with Gasteiger partial charge in [0, 0.05) is 0 Å². The fourth-order valence-corrected chi connectivity index (χ4v) is 1.52. The maximum atomic E-state index is 9.65. The van der Waals surface area contributed by atoms with Gasteiger partial charge in [-0.3, -0.25) is 0 Å². The molecule has 1 aromatic rings. The third-order valence-corrected chi connectivity index (χ3v) is 2.48. The number of aromatic hydroxyl groups is 1. The van der Waals surface area contributed by atoms with Crippen LogP contribution in [0, 0.1) is 0 Å². The van der Waals surface area contributed by atoms with Crippen molar-refractivity contribution < 1.29 is 15.3 Å². The highest BCUT2D eigenvalue weighted by Gasteiger charge is 2.19. The van der Waals surface area contributed by atoms with Crippen LogP contribution in [0.15, 0.2) is 12.1 Å². The van der Waals surface area contributed by atoms with Gasteiger partial charge in [-0.05, 0) is 24.3 Å². The van der Waals surface area contributed by atoms with Gasteiger partial charge in [0.1, 0.15) is 6.10 Å². The van der Waals surface area contributed by atoms with Crippen molar-refractivity contribution in [2.75, 3.05) is 5.75 Å². The van der Waals surface area contributed by atoms with Gasteiger partial charge < -0.3 is 15.3 Å². The quantitative estimate of drug-likeness (QED) is 0.477. The fraction of sp³-hybridized carbons (Fsp3) is 0.444. The summed E-state index contributed by atoms with van der Waals surface area (Å²) in [5.41, 5.74) is 0.229. The van der Waals surface area contributed by atoms with E-state index in [0.717, 1.165) is 0 Å². The molecule has 6 heteroatoms. The summed E-state index contributed by atoms with van der Waals surface area (Å²) in [6, 6.07) is 2.73. The molecule has 0 bridgehead atoms. The molecule has 1 rings (SSSR count). The van der Waals surface area contributed by atoms with Gasteiger partial charge in [0.2, 0.25) is 0 Å². The van der Waals surface area contributed by atoms with Gasteiger partial charge in [0.15, 0.2) is 10.9 Å². The van der Waals surface area contributed by atoms with E-state index in [1.807, 2.05) is 0 Å². The van der Waals surface area contributed by atoms with Crippen molar-refractivity contribution >= 4 is 24.2 Å². The van der Waals surface area contributed by atoms with Crippen molar-refractivity contribution in [1.82, 2.24) is 4.98 Å². The summed E-state index contributed by atoms with van der Waals surface area (Å²) in [5.74, 6) is 0.306. The van der Waals surface area contributed by atoms with E-state index in [4.69, 9.17) is 16.7 Å². The van der Waals surface area contributed by atoms with Gasteiger partial charge in [-0.25, -0.2) is 4.98 Å². The molecule has 15 heavy (non-hydrogen) atoms. The number of aliphatic hydroxyl groups is 2. The number of aliphatic hydroxyl groups excluding tert-OH is 2. The standard InChI is InChI=1S/C9H12ClNO3S/c10-9-7(13)2-1-5(11-9)8(14)6(12)3-4-15/h1-2,6,8,12-15H,3-4H2. The second-order valence-corrected chi connectivity index (χ2v) is 3.88. The predicted molar refractivity (Wildman–Crippen MR) is 60.3 cm³/mol. The summed E-state index contributed by atoms with van der Waals surface area (Å²) in [6.45, 7) is 0. The third-order valence-electron chi connectivity index (χ3n) is 1.94. The molecule has 0 spiro atoms. The Morgan fingerprint density at radius 2 is 2.07 bits per heavy atom. The average Bonchev–Trinajstić information content (AvgIpc) is 2.21. The lowest BCUT2D eigenvalue weighted by Crippen LogP contribution is -2.19. The van der Waals surface area contributed by atoms with E-state index in [-0.39, 0.29) is 16.6 Å². The largest absolute Gasteiger partial charge is 0.505 e. The van der Waals surface area contributed by atoms with Gasteiger partial charge in [-0.15, -0.1) is 0 Å². The summed E-state index contributed by atoms with van der Waals surface area (Å²) in [4.78, 5) is 3.76. The third kappa shape index (κ3) is 3.24. The minimum Gasteiger partial charge on any atom is -0.505 e. The Hall–Kier alpha value is -0.490. The minimum atomic E-state index is -1.12. The van der Waals surface area contributed by atoms with Crippen LogP contribution in [-0.4, -0.2) is 32.2 Å². The summed E-state index contributed by atoms with van der Waals surface area (Å²) in [6.07, 6.45) is -1.70. The Bertz CT molecular complexity index is 337. The van der Waals surface area contributed by atoms with Gasteiger partial charge in [-0.2, -0.15) is 12.6 Å². The predicted octanol–water partition coefficient (Wildman–Crippen LogP) is 1.15. The lowest BCUT2D eigenvalue weighted by Gasteiger charge is -2.16. The molecule has 0 aliphatic heterocycles. The number of hydrogen-bond donors (Lipinski definition) is 4. The smallest absolute Gasteiger partial charge is 0.171 e. The highest BCUT2D eigenvalue weighted by atomic mass is 35.5. The van der Waals surface area contributed by atoms with Crippen molar-refractivity contribution in [3.05, 3.63) is 23.0 Å². The highest BCUT2D eigenvalue weighted by Crippen LogP contribution is 2.24. The molecule has 0 aliphatic rings. The number of rotatable bonds is 4. The molecule has 0 amide bonds.